The Morgan fingerprint density at radius 3 is 2.88 bits per heavy atom. The summed E-state index contributed by atoms with van der Waals surface area (Å²) < 4.78 is 5.31. The average Bonchev–Trinajstić information content (AvgIpc) is 3.12. The van der Waals surface area contributed by atoms with Crippen LogP contribution in [-0.4, -0.2) is 39.4 Å². The van der Waals surface area contributed by atoms with E-state index < -0.39 is 6.23 Å². The first-order chi connectivity index (χ1) is 12.5. The number of nitrogens with zero attached hydrogens (tertiary/aromatic N) is 4. The number of aliphatic imine (C=N–C) groups is 1. The van der Waals surface area contributed by atoms with Crippen LogP contribution in [0.1, 0.15) is 27.2 Å². The summed E-state index contributed by atoms with van der Waals surface area (Å²) in [6.07, 6.45) is 6.50. The molecule has 2 N–H and O–H groups in total. The van der Waals surface area contributed by atoms with E-state index in [4.69, 9.17) is 4.42 Å². The highest BCUT2D eigenvalue weighted by Gasteiger charge is 2.16. The summed E-state index contributed by atoms with van der Waals surface area (Å²) in [6, 6.07) is 7.36. The summed E-state index contributed by atoms with van der Waals surface area (Å²) >= 11 is 0. The van der Waals surface area contributed by atoms with Gasteiger partial charge in [-0.2, -0.15) is 5.10 Å². The Bertz CT molecular complexity index is 809. The van der Waals surface area contributed by atoms with Crippen molar-refractivity contribution in [3.05, 3.63) is 48.5 Å². The maximum atomic E-state index is 10.1. The van der Waals surface area contributed by atoms with Crippen molar-refractivity contribution in [3.8, 4) is 11.5 Å². The highest BCUT2D eigenvalue weighted by Crippen LogP contribution is 2.19. The lowest BCUT2D eigenvalue weighted by atomic mass is 10.2. The van der Waals surface area contributed by atoms with Gasteiger partial charge in [0.15, 0.2) is 5.76 Å². The molecule has 26 heavy (non-hydrogen) atoms. The first kappa shape index (κ1) is 17.9. The minimum Gasteiger partial charge on any atom is -0.463 e. The van der Waals surface area contributed by atoms with Crippen molar-refractivity contribution >= 4 is 17.6 Å². The van der Waals surface area contributed by atoms with Crippen molar-refractivity contribution in [1.29, 1.82) is 0 Å². The number of aliphatic hydroxyl groups is 1. The maximum absolute atomic E-state index is 10.1. The number of hydrazone groups is 1. The largest absolute Gasteiger partial charge is 0.463 e. The molecule has 7 nitrogen and oxygen atoms in total. The van der Waals surface area contributed by atoms with E-state index in [1.165, 1.54) is 0 Å². The molecule has 0 radical (unpaired) electrons. The van der Waals surface area contributed by atoms with Gasteiger partial charge in [0, 0.05) is 24.0 Å². The Morgan fingerprint density at radius 1 is 1.38 bits per heavy atom. The molecule has 0 amide bonds. The highest BCUT2D eigenvalue weighted by molar-refractivity contribution is 5.94. The summed E-state index contributed by atoms with van der Waals surface area (Å²) in [4.78, 5) is 8.79. The second-order valence-electron chi connectivity index (χ2n) is 6.14. The molecule has 0 bridgehead atoms. The van der Waals surface area contributed by atoms with Gasteiger partial charge in [-0.15, -0.1) is 0 Å². The first-order valence-electron chi connectivity index (χ1n) is 8.52. The third-order valence-corrected chi connectivity index (χ3v) is 3.93. The molecule has 0 aromatic carbocycles. The van der Waals surface area contributed by atoms with Crippen LogP contribution < -0.4 is 5.32 Å². The fraction of sp³-hybridized carbons (Fsp3) is 0.316. The Hall–Kier alpha value is -2.93. The van der Waals surface area contributed by atoms with E-state index in [-0.39, 0.29) is 6.17 Å². The highest BCUT2D eigenvalue weighted by atomic mass is 16.3. The Kier molecular flexibility index (Phi) is 5.48. The third kappa shape index (κ3) is 4.37. The van der Waals surface area contributed by atoms with Gasteiger partial charge in [-0.1, -0.05) is 0 Å². The molecule has 0 saturated heterocycles. The zero-order valence-corrected chi connectivity index (χ0v) is 15.1. The van der Waals surface area contributed by atoms with Crippen LogP contribution in [-0.2, 0) is 0 Å². The Morgan fingerprint density at radius 2 is 2.23 bits per heavy atom. The number of rotatable bonds is 6. The predicted octanol–water partition coefficient (Wildman–Crippen LogP) is 3.47. The molecular weight excluding hydrogens is 330 g/mol. The first-order valence-corrected chi connectivity index (χ1v) is 8.52. The molecule has 2 aromatic rings. The number of pyridine rings is 1. The lowest BCUT2D eigenvalue weighted by molar-refractivity contribution is 0.211. The van der Waals surface area contributed by atoms with Gasteiger partial charge in [0.2, 0.25) is 0 Å². The number of aliphatic hydroxyl groups excluding tert-OH is 1. The lowest BCUT2D eigenvalue weighted by Gasteiger charge is -2.27. The molecule has 7 heteroatoms. The summed E-state index contributed by atoms with van der Waals surface area (Å²) in [6.45, 7) is 5.95. The van der Waals surface area contributed by atoms with Crippen LogP contribution in [0.25, 0.3) is 11.5 Å². The summed E-state index contributed by atoms with van der Waals surface area (Å²) in [7, 11) is 0. The normalized spacial score (nSPS) is 18.6. The van der Waals surface area contributed by atoms with Crippen LogP contribution in [0.2, 0.25) is 0 Å². The van der Waals surface area contributed by atoms with E-state index in [0.29, 0.717) is 12.2 Å². The number of aromatic nitrogens is 1. The molecule has 2 aromatic heterocycles. The van der Waals surface area contributed by atoms with Crippen molar-refractivity contribution in [2.75, 3.05) is 5.32 Å². The maximum Gasteiger partial charge on any atom is 0.152 e. The van der Waals surface area contributed by atoms with Gasteiger partial charge in [0.05, 0.1) is 18.1 Å². The van der Waals surface area contributed by atoms with Crippen molar-refractivity contribution < 1.29 is 9.52 Å². The second kappa shape index (κ2) is 7.97. The fourth-order valence-electron chi connectivity index (χ4n) is 2.77. The van der Waals surface area contributed by atoms with Gasteiger partial charge in [-0.05, 0) is 51.1 Å². The van der Waals surface area contributed by atoms with Crippen LogP contribution >= 0.6 is 0 Å². The van der Waals surface area contributed by atoms with Crippen LogP contribution in [0.4, 0.5) is 5.69 Å². The molecule has 0 spiro atoms. The number of anilines is 1. The molecule has 3 rings (SSSR count). The monoisotopic (exact) mass is 353 g/mol. The van der Waals surface area contributed by atoms with E-state index in [0.717, 1.165) is 22.8 Å². The second-order valence-corrected chi connectivity index (χ2v) is 6.14. The zero-order valence-electron chi connectivity index (χ0n) is 15.1. The average molecular weight is 353 g/mol. The molecule has 0 fully saturated rings. The molecule has 0 saturated carbocycles. The summed E-state index contributed by atoms with van der Waals surface area (Å²) in [5.41, 5.74) is 3.49. The molecule has 2 unspecified atom stereocenters. The minimum atomic E-state index is -0.760. The lowest BCUT2D eigenvalue weighted by Crippen LogP contribution is -2.29. The molecule has 2 atom stereocenters. The van der Waals surface area contributed by atoms with Gasteiger partial charge >= 0.3 is 0 Å². The van der Waals surface area contributed by atoms with Gasteiger partial charge in [0.25, 0.3) is 0 Å². The molecule has 3 heterocycles. The van der Waals surface area contributed by atoms with Crippen LogP contribution in [0, 0.1) is 0 Å². The van der Waals surface area contributed by atoms with Crippen molar-refractivity contribution in [3.63, 3.8) is 0 Å². The summed E-state index contributed by atoms with van der Waals surface area (Å²) in [5, 5.41) is 19.4. The predicted molar refractivity (Wildman–Crippen MR) is 103 cm³/mol. The van der Waals surface area contributed by atoms with Gasteiger partial charge in [-0.3, -0.25) is 9.98 Å². The minimum absolute atomic E-state index is 0.0419. The fourth-order valence-corrected chi connectivity index (χ4v) is 2.77. The van der Waals surface area contributed by atoms with Crippen molar-refractivity contribution in [1.82, 2.24) is 9.99 Å². The molecule has 0 aliphatic carbocycles. The number of allylic oxidation sites excluding steroid dienone is 2. The topological polar surface area (TPSA) is 86.2 Å². The number of furan rings is 1. The van der Waals surface area contributed by atoms with Gasteiger partial charge in [0.1, 0.15) is 18.1 Å². The van der Waals surface area contributed by atoms with Gasteiger partial charge < -0.3 is 14.8 Å². The van der Waals surface area contributed by atoms with E-state index >= 15 is 0 Å². The molecule has 136 valence electrons. The van der Waals surface area contributed by atoms with Crippen LogP contribution in [0.15, 0.2) is 63.0 Å². The molecular formula is C19H23N5O2. The van der Waals surface area contributed by atoms with Gasteiger partial charge in [-0.25, -0.2) is 5.01 Å². The van der Waals surface area contributed by atoms with Crippen LogP contribution in [0.5, 0.6) is 0 Å². The number of nitrogens with one attached hydrogen (secondary N) is 1. The standard InChI is InChI=1S/C19H23N5O2/c1-13-11-14(2)24(15(3)22-13)21-9-8-19(25)23-16-6-7-17(20-12-16)18-5-4-10-26-18/h4-7,9-12,15,19,23,25H,8H2,1-3H3/b21-9-. The van der Waals surface area contributed by atoms with Crippen LogP contribution in [0.3, 0.4) is 0 Å². The zero-order chi connectivity index (χ0) is 18.5. The van der Waals surface area contributed by atoms with E-state index in [1.54, 1.807) is 18.7 Å². The Balaban J connectivity index is 1.53. The molecule has 1 aliphatic rings. The van der Waals surface area contributed by atoms with Crippen molar-refractivity contribution in [2.24, 2.45) is 10.1 Å². The summed E-state index contributed by atoms with van der Waals surface area (Å²) in [5.74, 6) is 0.709. The SMILES string of the molecule is CC1=CC(C)=NC(C)N1/N=C\CC(O)Nc1ccc(-c2ccco2)nc1. The van der Waals surface area contributed by atoms with E-state index in [1.807, 2.05) is 56.1 Å². The smallest absolute Gasteiger partial charge is 0.152 e. The van der Waals surface area contributed by atoms with E-state index in [2.05, 4.69) is 20.4 Å². The number of hydrogen-bond donors (Lipinski definition) is 2. The Labute approximate surface area is 152 Å². The van der Waals surface area contributed by atoms with Crippen molar-refractivity contribution in [2.45, 2.75) is 39.6 Å². The van der Waals surface area contributed by atoms with E-state index in [9.17, 15) is 5.11 Å². The number of hydrogen-bond acceptors (Lipinski definition) is 7. The third-order valence-electron chi connectivity index (χ3n) is 3.93. The quantitative estimate of drug-likeness (QED) is 0.613. The molecule has 1 aliphatic heterocycles.